The Hall–Kier alpha value is -1.62. The summed E-state index contributed by atoms with van der Waals surface area (Å²) in [5.74, 6) is -0.275. The van der Waals surface area contributed by atoms with E-state index in [0.717, 1.165) is 16.5 Å². The van der Waals surface area contributed by atoms with Gasteiger partial charge in [0, 0.05) is 17.4 Å². The van der Waals surface area contributed by atoms with Crippen molar-refractivity contribution in [2.24, 2.45) is 5.92 Å². The predicted octanol–water partition coefficient (Wildman–Crippen LogP) is 3.04. The summed E-state index contributed by atoms with van der Waals surface area (Å²) in [6.07, 6.45) is 8.17. The Bertz CT molecular complexity index is 501. The minimum atomic E-state index is -0.956. The number of aliphatic carboxylic acids is 1. The van der Waals surface area contributed by atoms with Crippen LogP contribution in [0.15, 0.2) is 17.5 Å². The zero-order chi connectivity index (χ0) is 14.4. The fourth-order valence-corrected chi connectivity index (χ4v) is 3.27. The number of rotatable bonds is 6. The first-order valence-corrected chi connectivity index (χ1v) is 7.76. The smallest absolute Gasteiger partial charge is 0.328 e. The Morgan fingerprint density at radius 1 is 1.40 bits per heavy atom. The van der Waals surface area contributed by atoms with Gasteiger partial charge in [0.25, 0.3) is 0 Å². The zero-order valence-electron chi connectivity index (χ0n) is 11.3. The summed E-state index contributed by atoms with van der Waals surface area (Å²) in [5, 5.41) is 13.4. The van der Waals surface area contributed by atoms with E-state index in [1.54, 1.807) is 6.08 Å². The van der Waals surface area contributed by atoms with Crippen LogP contribution in [0.4, 0.5) is 0 Å². The van der Waals surface area contributed by atoms with E-state index in [1.807, 2.05) is 11.4 Å². The van der Waals surface area contributed by atoms with Gasteiger partial charge >= 0.3 is 5.97 Å². The molecule has 0 atom stereocenters. The van der Waals surface area contributed by atoms with Gasteiger partial charge in [0.1, 0.15) is 0 Å². The van der Waals surface area contributed by atoms with Gasteiger partial charge in [-0.3, -0.25) is 4.79 Å². The van der Waals surface area contributed by atoms with E-state index >= 15 is 0 Å². The van der Waals surface area contributed by atoms with Gasteiger partial charge in [-0.05, 0) is 41.8 Å². The molecule has 2 rings (SSSR count). The molecule has 1 heterocycles. The second-order valence-electron chi connectivity index (χ2n) is 5.15. The van der Waals surface area contributed by atoms with Crippen molar-refractivity contribution in [1.82, 2.24) is 5.32 Å². The molecule has 20 heavy (non-hydrogen) atoms. The van der Waals surface area contributed by atoms with E-state index in [1.165, 1.54) is 37.0 Å². The third kappa shape index (κ3) is 4.81. The molecule has 0 spiro atoms. The van der Waals surface area contributed by atoms with Gasteiger partial charge in [-0.15, -0.1) is 11.3 Å². The second kappa shape index (κ2) is 7.24. The Morgan fingerprint density at radius 2 is 2.15 bits per heavy atom. The Kier molecular flexibility index (Phi) is 5.35. The van der Waals surface area contributed by atoms with Crippen LogP contribution in [0.3, 0.4) is 0 Å². The molecule has 1 saturated carbocycles. The van der Waals surface area contributed by atoms with Crippen molar-refractivity contribution in [3.8, 4) is 0 Å². The summed E-state index contributed by atoms with van der Waals surface area (Å²) in [6, 6.07) is 1.90. The Balaban J connectivity index is 1.75. The minimum Gasteiger partial charge on any atom is -0.478 e. The van der Waals surface area contributed by atoms with Crippen LogP contribution in [-0.4, -0.2) is 17.0 Å². The lowest BCUT2D eigenvalue weighted by Crippen LogP contribution is -2.24. The standard InChI is InChI=1S/C15H19NO3S/c17-14(8-11-3-1-2-4-11)16-9-13-7-12(10-20-13)5-6-15(18)19/h5-7,10-11H,1-4,8-9H2,(H,16,17)(H,18,19). The average molecular weight is 293 g/mol. The number of carbonyl (C=O) groups is 2. The van der Waals surface area contributed by atoms with E-state index in [-0.39, 0.29) is 5.91 Å². The van der Waals surface area contributed by atoms with E-state index in [4.69, 9.17) is 5.11 Å². The molecule has 1 aliphatic rings. The topological polar surface area (TPSA) is 66.4 Å². The van der Waals surface area contributed by atoms with E-state index in [9.17, 15) is 9.59 Å². The average Bonchev–Trinajstić information content (AvgIpc) is 3.05. The maximum absolute atomic E-state index is 11.8. The van der Waals surface area contributed by atoms with Crippen molar-refractivity contribution in [2.75, 3.05) is 0 Å². The van der Waals surface area contributed by atoms with Crippen LogP contribution in [0.25, 0.3) is 6.08 Å². The molecule has 0 saturated heterocycles. The van der Waals surface area contributed by atoms with Crippen molar-refractivity contribution in [1.29, 1.82) is 0 Å². The van der Waals surface area contributed by atoms with E-state index < -0.39 is 5.97 Å². The van der Waals surface area contributed by atoms with Crippen molar-refractivity contribution in [3.63, 3.8) is 0 Å². The minimum absolute atomic E-state index is 0.118. The SMILES string of the molecule is O=C(O)C=Cc1csc(CNC(=O)CC2CCCC2)c1. The lowest BCUT2D eigenvalue weighted by molar-refractivity contribution is -0.131. The Labute approximate surface area is 122 Å². The second-order valence-corrected chi connectivity index (χ2v) is 6.15. The normalized spacial score (nSPS) is 15.8. The quantitative estimate of drug-likeness (QED) is 0.792. The lowest BCUT2D eigenvalue weighted by atomic mass is 10.0. The fourth-order valence-electron chi connectivity index (χ4n) is 2.48. The molecule has 108 valence electrons. The highest BCUT2D eigenvalue weighted by Crippen LogP contribution is 2.27. The molecule has 5 heteroatoms. The number of carboxylic acid groups (broad SMARTS) is 1. The zero-order valence-corrected chi connectivity index (χ0v) is 12.1. The summed E-state index contributed by atoms with van der Waals surface area (Å²) >= 11 is 1.53. The van der Waals surface area contributed by atoms with Gasteiger partial charge in [-0.2, -0.15) is 0 Å². The number of carboxylic acids is 1. The number of amides is 1. The van der Waals surface area contributed by atoms with Crippen LogP contribution in [-0.2, 0) is 16.1 Å². The number of thiophene rings is 1. The van der Waals surface area contributed by atoms with Crippen LogP contribution in [0.2, 0.25) is 0 Å². The molecule has 0 bridgehead atoms. The highest BCUT2D eigenvalue weighted by atomic mass is 32.1. The van der Waals surface area contributed by atoms with E-state index in [2.05, 4.69) is 5.32 Å². The molecule has 0 aromatic carbocycles. The maximum Gasteiger partial charge on any atom is 0.328 e. The molecular weight excluding hydrogens is 274 g/mol. The van der Waals surface area contributed by atoms with Crippen LogP contribution in [0.5, 0.6) is 0 Å². The first-order chi connectivity index (χ1) is 9.63. The van der Waals surface area contributed by atoms with E-state index in [0.29, 0.717) is 18.9 Å². The highest BCUT2D eigenvalue weighted by molar-refractivity contribution is 7.10. The number of hydrogen-bond acceptors (Lipinski definition) is 3. The van der Waals surface area contributed by atoms with Gasteiger partial charge in [-0.25, -0.2) is 4.79 Å². The van der Waals surface area contributed by atoms with Crippen LogP contribution in [0, 0.1) is 5.92 Å². The number of nitrogens with one attached hydrogen (secondary N) is 1. The van der Waals surface area contributed by atoms with Crippen LogP contribution >= 0.6 is 11.3 Å². The third-order valence-corrected chi connectivity index (χ3v) is 4.46. The monoisotopic (exact) mass is 293 g/mol. The summed E-state index contributed by atoms with van der Waals surface area (Å²) in [6.45, 7) is 0.525. The summed E-state index contributed by atoms with van der Waals surface area (Å²) in [7, 11) is 0. The molecule has 0 aliphatic heterocycles. The molecular formula is C15H19NO3S. The number of carbonyl (C=O) groups excluding carboxylic acids is 1. The van der Waals surface area contributed by atoms with Gasteiger partial charge in [0.2, 0.25) is 5.91 Å². The molecule has 1 aromatic rings. The van der Waals surface area contributed by atoms with Gasteiger partial charge in [0.15, 0.2) is 0 Å². The van der Waals surface area contributed by atoms with Crippen molar-refractivity contribution >= 4 is 29.3 Å². The van der Waals surface area contributed by atoms with Gasteiger partial charge in [-0.1, -0.05) is 12.8 Å². The number of hydrogen-bond donors (Lipinski definition) is 2. The molecule has 4 nitrogen and oxygen atoms in total. The van der Waals surface area contributed by atoms with Gasteiger partial charge < -0.3 is 10.4 Å². The molecule has 0 unspecified atom stereocenters. The van der Waals surface area contributed by atoms with Gasteiger partial charge in [0.05, 0.1) is 6.54 Å². The summed E-state index contributed by atoms with van der Waals surface area (Å²) < 4.78 is 0. The van der Waals surface area contributed by atoms with Crippen molar-refractivity contribution in [2.45, 2.75) is 38.6 Å². The predicted molar refractivity (Wildman–Crippen MR) is 79.4 cm³/mol. The summed E-state index contributed by atoms with van der Waals surface area (Å²) in [5.41, 5.74) is 0.859. The fraction of sp³-hybridized carbons (Fsp3) is 0.467. The largest absolute Gasteiger partial charge is 0.478 e. The molecule has 0 radical (unpaired) electrons. The maximum atomic E-state index is 11.8. The molecule has 1 aliphatic carbocycles. The van der Waals surface area contributed by atoms with Crippen molar-refractivity contribution < 1.29 is 14.7 Å². The third-order valence-electron chi connectivity index (χ3n) is 3.50. The first kappa shape index (κ1) is 14.8. The molecule has 1 aromatic heterocycles. The molecule has 1 amide bonds. The summed E-state index contributed by atoms with van der Waals surface area (Å²) in [4.78, 5) is 23.3. The molecule has 1 fully saturated rings. The van der Waals surface area contributed by atoms with Crippen LogP contribution < -0.4 is 5.32 Å². The van der Waals surface area contributed by atoms with Crippen LogP contribution in [0.1, 0.15) is 42.5 Å². The first-order valence-electron chi connectivity index (χ1n) is 6.88. The lowest BCUT2D eigenvalue weighted by Gasteiger charge is -2.08. The van der Waals surface area contributed by atoms with Crippen molar-refractivity contribution in [3.05, 3.63) is 28.0 Å². The Morgan fingerprint density at radius 3 is 2.85 bits per heavy atom. The highest BCUT2D eigenvalue weighted by Gasteiger charge is 2.18. The molecule has 2 N–H and O–H groups in total.